The van der Waals surface area contributed by atoms with Crippen molar-refractivity contribution in [1.29, 1.82) is 0 Å². The van der Waals surface area contributed by atoms with Crippen LogP contribution in [0.4, 0.5) is 0 Å². The Morgan fingerprint density at radius 3 is 2.71 bits per heavy atom. The second-order valence-electron chi connectivity index (χ2n) is 5.22. The molecule has 0 saturated heterocycles. The molecule has 0 aliphatic carbocycles. The molecule has 0 aromatic carbocycles. The van der Waals surface area contributed by atoms with Crippen molar-refractivity contribution < 1.29 is 5.11 Å². The van der Waals surface area contributed by atoms with Crippen molar-refractivity contribution in [3.63, 3.8) is 0 Å². The summed E-state index contributed by atoms with van der Waals surface area (Å²) in [5, 5.41) is 17.5. The Kier molecular flexibility index (Phi) is 2.89. The summed E-state index contributed by atoms with van der Waals surface area (Å²) in [6, 6.07) is 3.35. The number of hydrogen-bond acceptors (Lipinski definition) is 4. The van der Waals surface area contributed by atoms with Crippen molar-refractivity contribution in [3.8, 4) is 0 Å². The van der Waals surface area contributed by atoms with Crippen molar-refractivity contribution in [2.75, 3.05) is 6.61 Å². The van der Waals surface area contributed by atoms with Crippen LogP contribution >= 0.6 is 0 Å². The Bertz CT molecular complexity index is 527. The number of fused-ring (bicyclic) bond motifs is 1. The van der Waals surface area contributed by atoms with Crippen molar-refractivity contribution >= 4 is 5.65 Å². The van der Waals surface area contributed by atoms with E-state index in [1.807, 2.05) is 22.7 Å². The number of pyridine rings is 1. The molecule has 5 heteroatoms. The third-order valence-electron chi connectivity index (χ3n) is 2.73. The van der Waals surface area contributed by atoms with E-state index in [1.54, 1.807) is 0 Å². The Morgan fingerprint density at radius 1 is 1.41 bits per heavy atom. The molecule has 0 bridgehead atoms. The van der Waals surface area contributed by atoms with Gasteiger partial charge in [0.05, 0.1) is 12.6 Å². The lowest BCUT2D eigenvalue weighted by molar-refractivity contribution is 0.268. The maximum atomic E-state index is 9.13. The molecule has 0 amide bonds. The van der Waals surface area contributed by atoms with E-state index in [0.717, 1.165) is 17.0 Å². The summed E-state index contributed by atoms with van der Waals surface area (Å²) < 4.78 is 1.94. The van der Waals surface area contributed by atoms with Crippen LogP contribution in [0.3, 0.4) is 0 Å². The molecule has 2 rings (SSSR count). The largest absolute Gasteiger partial charge is 0.394 e. The van der Waals surface area contributed by atoms with E-state index in [9.17, 15) is 0 Å². The fourth-order valence-electron chi connectivity index (χ4n) is 1.84. The molecule has 0 saturated carbocycles. The minimum absolute atomic E-state index is 0.0820. The molecule has 0 spiro atoms. The first-order valence-electron chi connectivity index (χ1n) is 5.65. The van der Waals surface area contributed by atoms with Gasteiger partial charge < -0.3 is 10.8 Å². The quantitative estimate of drug-likeness (QED) is 0.813. The van der Waals surface area contributed by atoms with E-state index in [4.69, 9.17) is 10.8 Å². The number of nitrogens with zero attached hydrogens (tertiary/aromatic N) is 3. The van der Waals surface area contributed by atoms with E-state index >= 15 is 0 Å². The fraction of sp³-hybridized carbons (Fsp3) is 0.500. The average Bonchev–Trinajstić information content (AvgIpc) is 2.70. The summed E-state index contributed by atoms with van der Waals surface area (Å²) in [5.41, 5.74) is 7.30. The first kappa shape index (κ1) is 12.0. The van der Waals surface area contributed by atoms with Gasteiger partial charge in [-0.15, -0.1) is 10.2 Å². The van der Waals surface area contributed by atoms with E-state index < -0.39 is 6.04 Å². The summed E-state index contributed by atoms with van der Waals surface area (Å²) in [6.07, 6.45) is 1.92. The summed E-state index contributed by atoms with van der Waals surface area (Å²) in [7, 11) is 0. The molecule has 17 heavy (non-hydrogen) atoms. The highest BCUT2D eigenvalue weighted by Crippen LogP contribution is 2.23. The molecule has 2 aromatic rings. The van der Waals surface area contributed by atoms with Gasteiger partial charge in [0.15, 0.2) is 5.65 Å². The smallest absolute Gasteiger partial charge is 0.165 e. The van der Waals surface area contributed by atoms with Crippen LogP contribution in [0.15, 0.2) is 18.3 Å². The van der Waals surface area contributed by atoms with Crippen molar-refractivity contribution in [3.05, 3.63) is 29.7 Å². The van der Waals surface area contributed by atoms with Gasteiger partial charge in [0.1, 0.15) is 5.82 Å². The van der Waals surface area contributed by atoms with Gasteiger partial charge in [-0.25, -0.2) is 0 Å². The number of aliphatic hydroxyl groups excluding tert-OH is 1. The van der Waals surface area contributed by atoms with E-state index in [0.29, 0.717) is 0 Å². The van der Waals surface area contributed by atoms with Crippen LogP contribution < -0.4 is 5.73 Å². The van der Waals surface area contributed by atoms with Crippen LogP contribution in [0.25, 0.3) is 5.65 Å². The lowest BCUT2D eigenvalue weighted by Crippen LogP contribution is -2.18. The van der Waals surface area contributed by atoms with Gasteiger partial charge in [-0.05, 0) is 6.07 Å². The lowest BCUT2D eigenvalue weighted by atomic mass is 9.96. The SMILES string of the molecule is CC(C)(C)c1nnc2c(C(N)CO)cccn12. The second kappa shape index (κ2) is 4.09. The topological polar surface area (TPSA) is 76.4 Å². The number of hydrogen-bond donors (Lipinski definition) is 2. The van der Waals surface area contributed by atoms with E-state index in [-0.39, 0.29) is 12.0 Å². The van der Waals surface area contributed by atoms with Gasteiger partial charge in [0, 0.05) is 17.2 Å². The Hall–Kier alpha value is -1.46. The molecule has 0 radical (unpaired) electrons. The molecule has 3 N–H and O–H groups in total. The van der Waals surface area contributed by atoms with Crippen LogP contribution in [0.1, 0.15) is 38.2 Å². The summed E-state index contributed by atoms with van der Waals surface area (Å²) in [5.74, 6) is 0.888. The molecule has 2 heterocycles. The van der Waals surface area contributed by atoms with E-state index in [1.165, 1.54) is 0 Å². The lowest BCUT2D eigenvalue weighted by Gasteiger charge is -2.16. The van der Waals surface area contributed by atoms with Crippen LogP contribution in [-0.4, -0.2) is 26.3 Å². The first-order valence-corrected chi connectivity index (χ1v) is 5.65. The predicted molar refractivity (Wildman–Crippen MR) is 65.7 cm³/mol. The minimum atomic E-state index is -0.421. The summed E-state index contributed by atoms with van der Waals surface area (Å²) in [6.45, 7) is 6.16. The zero-order valence-corrected chi connectivity index (χ0v) is 10.4. The molecule has 92 valence electrons. The van der Waals surface area contributed by atoms with Crippen LogP contribution in [0.5, 0.6) is 0 Å². The number of aromatic nitrogens is 3. The summed E-state index contributed by atoms with van der Waals surface area (Å²) >= 11 is 0. The molecule has 5 nitrogen and oxygen atoms in total. The Labute approximate surface area is 100 Å². The van der Waals surface area contributed by atoms with Crippen molar-refractivity contribution in [1.82, 2.24) is 14.6 Å². The maximum Gasteiger partial charge on any atom is 0.165 e. The zero-order chi connectivity index (χ0) is 12.6. The third-order valence-corrected chi connectivity index (χ3v) is 2.73. The van der Waals surface area contributed by atoms with Crippen LogP contribution in [0.2, 0.25) is 0 Å². The van der Waals surface area contributed by atoms with Gasteiger partial charge in [-0.1, -0.05) is 26.8 Å². The monoisotopic (exact) mass is 234 g/mol. The third kappa shape index (κ3) is 2.03. The van der Waals surface area contributed by atoms with Gasteiger partial charge in [0.25, 0.3) is 0 Å². The highest BCUT2D eigenvalue weighted by atomic mass is 16.3. The van der Waals surface area contributed by atoms with Gasteiger partial charge in [-0.3, -0.25) is 4.40 Å². The second-order valence-corrected chi connectivity index (χ2v) is 5.22. The first-order chi connectivity index (χ1) is 7.95. The molecule has 0 fully saturated rings. The minimum Gasteiger partial charge on any atom is -0.394 e. The predicted octanol–water partition coefficient (Wildman–Crippen LogP) is 1.02. The highest BCUT2D eigenvalue weighted by molar-refractivity contribution is 5.49. The molecule has 0 aliphatic rings. The molecular formula is C12H18N4O. The zero-order valence-electron chi connectivity index (χ0n) is 10.4. The normalized spacial score (nSPS) is 14.2. The maximum absolute atomic E-state index is 9.13. The fourth-order valence-corrected chi connectivity index (χ4v) is 1.84. The van der Waals surface area contributed by atoms with E-state index in [2.05, 4.69) is 31.0 Å². The molecule has 1 unspecified atom stereocenters. The standard InChI is InChI=1S/C12H18N4O/c1-12(2,3)11-15-14-10-8(9(13)7-17)5-4-6-16(10)11/h4-6,9,17H,7,13H2,1-3H3. The van der Waals surface area contributed by atoms with Gasteiger partial charge >= 0.3 is 0 Å². The van der Waals surface area contributed by atoms with Gasteiger partial charge in [0.2, 0.25) is 0 Å². The Morgan fingerprint density at radius 2 is 2.12 bits per heavy atom. The molecular weight excluding hydrogens is 216 g/mol. The molecule has 2 aromatic heterocycles. The number of aliphatic hydroxyl groups is 1. The highest BCUT2D eigenvalue weighted by Gasteiger charge is 2.22. The molecule has 1 atom stereocenters. The number of rotatable bonds is 2. The van der Waals surface area contributed by atoms with Crippen LogP contribution in [0, 0.1) is 0 Å². The number of nitrogens with two attached hydrogens (primary N) is 1. The van der Waals surface area contributed by atoms with Gasteiger partial charge in [-0.2, -0.15) is 0 Å². The average molecular weight is 234 g/mol. The van der Waals surface area contributed by atoms with Crippen molar-refractivity contribution in [2.45, 2.75) is 32.2 Å². The van der Waals surface area contributed by atoms with Crippen molar-refractivity contribution in [2.24, 2.45) is 5.73 Å². The summed E-state index contributed by atoms with van der Waals surface area (Å²) in [4.78, 5) is 0. The van der Waals surface area contributed by atoms with Crippen LogP contribution in [-0.2, 0) is 5.41 Å². The molecule has 0 aliphatic heterocycles. The Balaban J connectivity index is 2.65.